The first-order valence-corrected chi connectivity index (χ1v) is 12.1. The molecule has 0 aliphatic heterocycles. The Balaban J connectivity index is 1.38. The van der Waals surface area contributed by atoms with Gasteiger partial charge in [0.1, 0.15) is 10.8 Å². The van der Waals surface area contributed by atoms with Crippen LogP contribution >= 0.6 is 11.3 Å². The zero-order valence-electron chi connectivity index (χ0n) is 18.7. The van der Waals surface area contributed by atoms with Crippen LogP contribution in [0.15, 0.2) is 54.6 Å². The Morgan fingerprint density at radius 3 is 2.45 bits per heavy atom. The summed E-state index contributed by atoms with van der Waals surface area (Å²) >= 11 is 1.32. The number of nitrogens with zero attached hydrogens (tertiary/aromatic N) is 3. The summed E-state index contributed by atoms with van der Waals surface area (Å²) in [7, 11) is 1.62. The lowest BCUT2D eigenvalue weighted by molar-refractivity contribution is -0.116. The summed E-state index contributed by atoms with van der Waals surface area (Å²) < 4.78 is 5.18. The van der Waals surface area contributed by atoms with E-state index in [0.717, 1.165) is 42.0 Å². The predicted molar refractivity (Wildman–Crippen MR) is 129 cm³/mol. The topological polar surface area (TPSA) is 84.4 Å². The smallest absolute Gasteiger partial charge is 0.254 e. The van der Waals surface area contributed by atoms with Crippen molar-refractivity contribution in [2.45, 2.75) is 44.6 Å². The van der Waals surface area contributed by atoms with Gasteiger partial charge in [0, 0.05) is 30.1 Å². The molecule has 172 valence electrons. The van der Waals surface area contributed by atoms with E-state index in [1.165, 1.54) is 17.8 Å². The number of aromatic nitrogens is 2. The molecule has 2 aromatic carbocycles. The molecule has 0 radical (unpaired) electrons. The van der Waals surface area contributed by atoms with Crippen molar-refractivity contribution in [2.24, 2.45) is 0 Å². The van der Waals surface area contributed by atoms with Gasteiger partial charge in [0.2, 0.25) is 11.0 Å². The molecule has 1 fully saturated rings. The number of methoxy groups -OCH3 is 1. The van der Waals surface area contributed by atoms with Crippen molar-refractivity contribution >= 4 is 28.3 Å². The van der Waals surface area contributed by atoms with Crippen molar-refractivity contribution < 1.29 is 14.3 Å². The monoisotopic (exact) mass is 464 g/mol. The quantitative estimate of drug-likeness (QED) is 0.506. The highest BCUT2D eigenvalue weighted by Crippen LogP contribution is 2.28. The number of anilines is 1. The van der Waals surface area contributed by atoms with Gasteiger partial charge in [-0.2, -0.15) is 0 Å². The molecule has 1 aromatic heterocycles. The van der Waals surface area contributed by atoms with E-state index in [0.29, 0.717) is 17.2 Å². The van der Waals surface area contributed by atoms with Crippen molar-refractivity contribution in [3.05, 3.63) is 60.2 Å². The Morgan fingerprint density at radius 1 is 1.03 bits per heavy atom. The average Bonchev–Trinajstić information content (AvgIpc) is 3.33. The minimum Gasteiger partial charge on any atom is -0.497 e. The second-order valence-corrected chi connectivity index (χ2v) is 9.07. The Hall–Kier alpha value is -3.26. The van der Waals surface area contributed by atoms with E-state index >= 15 is 0 Å². The van der Waals surface area contributed by atoms with Crippen LogP contribution in [-0.2, 0) is 4.79 Å². The van der Waals surface area contributed by atoms with E-state index in [4.69, 9.17) is 4.74 Å². The van der Waals surface area contributed by atoms with E-state index in [9.17, 15) is 9.59 Å². The first-order valence-electron chi connectivity index (χ1n) is 11.3. The first kappa shape index (κ1) is 22.9. The summed E-state index contributed by atoms with van der Waals surface area (Å²) in [6.07, 6.45) is 5.64. The molecule has 7 nitrogen and oxygen atoms in total. The van der Waals surface area contributed by atoms with E-state index in [1.807, 2.05) is 59.5 Å². The maximum Gasteiger partial charge on any atom is 0.254 e. The summed E-state index contributed by atoms with van der Waals surface area (Å²) in [5.74, 6) is 0.589. The Kier molecular flexibility index (Phi) is 7.67. The molecule has 1 saturated carbocycles. The molecule has 0 atom stereocenters. The van der Waals surface area contributed by atoms with Gasteiger partial charge < -0.3 is 15.0 Å². The van der Waals surface area contributed by atoms with Crippen LogP contribution in [0.1, 0.15) is 48.9 Å². The zero-order chi connectivity index (χ0) is 23.0. The number of benzene rings is 2. The van der Waals surface area contributed by atoms with Crippen LogP contribution in [0.4, 0.5) is 5.13 Å². The highest BCUT2D eigenvalue weighted by molar-refractivity contribution is 7.18. The van der Waals surface area contributed by atoms with Crippen molar-refractivity contribution in [3.63, 3.8) is 0 Å². The van der Waals surface area contributed by atoms with Gasteiger partial charge in [-0.1, -0.05) is 48.8 Å². The van der Waals surface area contributed by atoms with E-state index in [1.54, 1.807) is 7.11 Å². The molecule has 2 amide bonds. The van der Waals surface area contributed by atoms with Gasteiger partial charge in [0.25, 0.3) is 5.91 Å². The molecule has 1 heterocycles. The summed E-state index contributed by atoms with van der Waals surface area (Å²) in [5, 5.41) is 12.3. The highest BCUT2D eigenvalue weighted by atomic mass is 32.1. The van der Waals surface area contributed by atoms with Crippen molar-refractivity contribution in [2.75, 3.05) is 19.0 Å². The molecule has 0 unspecified atom stereocenters. The van der Waals surface area contributed by atoms with Gasteiger partial charge in [-0.3, -0.25) is 9.59 Å². The highest BCUT2D eigenvalue weighted by Gasteiger charge is 2.26. The number of carbonyl (C=O) groups is 2. The molecule has 1 aliphatic carbocycles. The maximum atomic E-state index is 13.2. The Labute approximate surface area is 197 Å². The van der Waals surface area contributed by atoms with Crippen LogP contribution in [0.25, 0.3) is 10.6 Å². The van der Waals surface area contributed by atoms with Crippen LogP contribution in [0.5, 0.6) is 5.75 Å². The summed E-state index contributed by atoms with van der Waals surface area (Å²) in [5.41, 5.74) is 1.57. The number of rotatable bonds is 8. The van der Waals surface area contributed by atoms with Crippen LogP contribution < -0.4 is 10.1 Å². The summed E-state index contributed by atoms with van der Waals surface area (Å²) in [6, 6.07) is 17.0. The summed E-state index contributed by atoms with van der Waals surface area (Å²) in [4.78, 5) is 27.7. The lowest BCUT2D eigenvalue weighted by Gasteiger charge is -2.34. The van der Waals surface area contributed by atoms with Crippen LogP contribution in [-0.4, -0.2) is 46.6 Å². The van der Waals surface area contributed by atoms with Crippen molar-refractivity contribution in [1.29, 1.82) is 0 Å². The second kappa shape index (κ2) is 11.0. The number of nitrogens with one attached hydrogen (secondary N) is 1. The average molecular weight is 465 g/mol. The SMILES string of the molecule is COc1ccc(-c2nnc(NC(=O)CCN(C(=O)c3ccccc3)C3CCCCC3)s2)cc1. The Bertz CT molecular complexity index is 1060. The third-order valence-electron chi connectivity index (χ3n) is 5.89. The fourth-order valence-electron chi connectivity index (χ4n) is 4.12. The van der Waals surface area contributed by atoms with Gasteiger partial charge in [-0.25, -0.2) is 0 Å². The van der Waals surface area contributed by atoms with Gasteiger partial charge in [0.15, 0.2) is 0 Å². The summed E-state index contributed by atoms with van der Waals surface area (Å²) in [6.45, 7) is 0.383. The van der Waals surface area contributed by atoms with Gasteiger partial charge in [-0.05, 0) is 49.2 Å². The number of hydrogen-bond acceptors (Lipinski definition) is 6. The number of amides is 2. The molecular formula is C25H28N4O3S. The lowest BCUT2D eigenvalue weighted by Crippen LogP contribution is -2.43. The molecule has 0 spiro atoms. The minimum absolute atomic E-state index is 0.00647. The third kappa shape index (κ3) is 5.96. The largest absolute Gasteiger partial charge is 0.497 e. The first-order chi connectivity index (χ1) is 16.1. The third-order valence-corrected chi connectivity index (χ3v) is 6.77. The lowest BCUT2D eigenvalue weighted by atomic mass is 9.93. The zero-order valence-corrected chi connectivity index (χ0v) is 19.5. The van der Waals surface area contributed by atoms with Crippen LogP contribution in [0, 0.1) is 0 Å². The number of ether oxygens (including phenoxy) is 1. The van der Waals surface area contributed by atoms with Crippen molar-refractivity contribution in [1.82, 2.24) is 15.1 Å². The number of hydrogen-bond donors (Lipinski definition) is 1. The second-order valence-electron chi connectivity index (χ2n) is 8.10. The van der Waals surface area contributed by atoms with E-state index in [2.05, 4.69) is 15.5 Å². The molecule has 8 heteroatoms. The van der Waals surface area contributed by atoms with Gasteiger partial charge in [-0.15, -0.1) is 10.2 Å². The minimum atomic E-state index is -0.172. The normalized spacial score (nSPS) is 14.0. The fraction of sp³-hybridized carbons (Fsp3) is 0.360. The molecular weight excluding hydrogens is 436 g/mol. The maximum absolute atomic E-state index is 13.2. The molecule has 33 heavy (non-hydrogen) atoms. The van der Waals surface area contributed by atoms with E-state index in [-0.39, 0.29) is 24.3 Å². The standard InChI is InChI=1S/C25H28N4O3S/c1-32-21-14-12-18(13-15-21)23-27-28-25(33-23)26-22(30)16-17-29(20-10-6-3-7-11-20)24(31)19-8-4-2-5-9-19/h2,4-5,8-9,12-15,20H,3,6-7,10-11,16-17H2,1H3,(H,26,28,30). The van der Waals surface area contributed by atoms with Gasteiger partial charge >= 0.3 is 0 Å². The molecule has 3 aromatic rings. The molecule has 1 aliphatic rings. The van der Waals surface area contributed by atoms with Gasteiger partial charge in [0.05, 0.1) is 7.11 Å². The Morgan fingerprint density at radius 2 is 1.76 bits per heavy atom. The molecule has 0 saturated heterocycles. The van der Waals surface area contributed by atoms with Crippen LogP contribution in [0.3, 0.4) is 0 Å². The van der Waals surface area contributed by atoms with Crippen LogP contribution in [0.2, 0.25) is 0 Å². The van der Waals surface area contributed by atoms with Crippen molar-refractivity contribution in [3.8, 4) is 16.3 Å². The predicted octanol–water partition coefficient (Wildman–Crippen LogP) is 5.02. The number of carbonyl (C=O) groups excluding carboxylic acids is 2. The molecule has 1 N–H and O–H groups in total. The molecule has 0 bridgehead atoms. The van der Waals surface area contributed by atoms with E-state index < -0.39 is 0 Å². The molecule has 4 rings (SSSR count). The fourth-order valence-corrected chi connectivity index (χ4v) is 4.88.